The van der Waals surface area contributed by atoms with Crippen LogP contribution in [-0.4, -0.2) is 0 Å². The van der Waals surface area contributed by atoms with Crippen molar-refractivity contribution in [3.63, 3.8) is 0 Å². The highest BCUT2D eigenvalue weighted by atomic mass is 14.2. The van der Waals surface area contributed by atoms with Crippen molar-refractivity contribution in [1.29, 1.82) is 0 Å². The third-order valence-electron chi connectivity index (χ3n) is 9.60. The monoisotopic (exact) mass is 608 g/mol. The van der Waals surface area contributed by atoms with Gasteiger partial charge in [-0.05, 0) is 118 Å². The molecule has 0 aliphatic carbocycles. The third kappa shape index (κ3) is 4.96. The van der Waals surface area contributed by atoms with Gasteiger partial charge in [-0.3, -0.25) is 0 Å². The standard InChI is InChI=1S/C48H32/c1-3-14-33(15-4-1)37-20-13-21-38(28-37)41-30-40(34-16-5-2-6-17-34)31-42(32-41)48-45-24-11-9-22-43(45)47(44-23-10-12-25-46(44)48)39-27-26-35-18-7-8-19-36(35)29-39/h1-32H. The first-order valence-corrected chi connectivity index (χ1v) is 16.6. The lowest BCUT2D eigenvalue weighted by molar-refractivity contribution is 1.57. The summed E-state index contributed by atoms with van der Waals surface area (Å²) < 4.78 is 0. The van der Waals surface area contributed by atoms with Gasteiger partial charge in [0.1, 0.15) is 0 Å². The Bertz CT molecular complexity index is 2540. The van der Waals surface area contributed by atoms with Gasteiger partial charge in [0.05, 0.1) is 0 Å². The maximum atomic E-state index is 2.39. The van der Waals surface area contributed by atoms with E-state index in [0.29, 0.717) is 0 Å². The number of hydrogen-bond acceptors (Lipinski definition) is 0. The van der Waals surface area contributed by atoms with Gasteiger partial charge >= 0.3 is 0 Å². The Morgan fingerprint density at radius 3 is 1.19 bits per heavy atom. The average Bonchev–Trinajstić information content (AvgIpc) is 3.17. The van der Waals surface area contributed by atoms with Crippen LogP contribution in [0.3, 0.4) is 0 Å². The van der Waals surface area contributed by atoms with E-state index in [9.17, 15) is 0 Å². The van der Waals surface area contributed by atoms with Crippen LogP contribution in [0, 0.1) is 0 Å². The van der Waals surface area contributed by atoms with Crippen molar-refractivity contribution in [1.82, 2.24) is 0 Å². The molecule has 9 aromatic carbocycles. The molecule has 0 saturated carbocycles. The first kappa shape index (κ1) is 28.0. The smallest absolute Gasteiger partial charge is 0.00259 e. The summed E-state index contributed by atoms with van der Waals surface area (Å²) in [5, 5.41) is 7.55. The predicted octanol–water partition coefficient (Wildman–Crippen LogP) is 13.5. The fraction of sp³-hybridized carbons (Fsp3) is 0. The average molecular weight is 609 g/mol. The van der Waals surface area contributed by atoms with Crippen LogP contribution in [0.5, 0.6) is 0 Å². The molecule has 0 amide bonds. The molecular formula is C48H32. The Morgan fingerprint density at radius 1 is 0.188 bits per heavy atom. The molecule has 0 bridgehead atoms. The van der Waals surface area contributed by atoms with Gasteiger partial charge in [-0.25, -0.2) is 0 Å². The summed E-state index contributed by atoms with van der Waals surface area (Å²) in [5.74, 6) is 0. The van der Waals surface area contributed by atoms with Crippen LogP contribution in [0.2, 0.25) is 0 Å². The van der Waals surface area contributed by atoms with Crippen molar-refractivity contribution in [2.75, 3.05) is 0 Å². The molecule has 0 spiro atoms. The zero-order chi connectivity index (χ0) is 31.9. The lowest BCUT2D eigenvalue weighted by atomic mass is 9.84. The second-order valence-corrected chi connectivity index (χ2v) is 12.5. The van der Waals surface area contributed by atoms with Crippen LogP contribution in [0.1, 0.15) is 0 Å². The second-order valence-electron chi connectivity index (χ2n) is 12.5. The first-order valence-electron chi connectivity index (χ1n) is 16.6. The maximum Gasteiger partial charge on any atom is -0.00259 e. The first-order chi connectivity index (χ1) is 23.8. The van der Waals surface area contributed by atoms with E-state index in [0.717, 1.165) is 0 Å². The van der Waals surface area contributed by atoms with Crippen molar-refractivity contribution in [2.45, 2.75) is 0 Å². The van der Waals surface area contributed by atoms with Gasteiger partial charge in [0.15, 0.2) is 0 Å². The molecule has 224 valence electrons. The Hall–Kier alpha value is -6.24. The molecule has 0 aromatic heterocycles. The van der Waals surface area contributed by atoms with E-state index in [4.69, 9.17) is 0 Å². The molecule has 0 radical (unpaired) electrons. The molecule has 0 heteroatoms. The second kappa shape index (κ2) is 11.8. The summed E-state index contributed by atoms with van der Waals surface area (Å²) in [7, 11) is 0. The Kier molecular flexibility index (Phi) is 6.91. The highest BCUT2D eigenvalue weighted by Crippen LogP contribution is 2.45. The summed E-state index contributed by atoms with van der Waals surface area (Å²) in [5.41, 5.74) is 12.3. The molecule has 9 aromatic rings. The molecule has 48 heavy (non-hydrogen) atoms. The van der Waals surface area contributed by atoms with Gasteiger partial charge < -0.3 is 0 Å². The van der Waals surface area contributed by atoms with E-state index in [-0.39, 0.29) is 0 Å². The van der Waals surface area contributed by atoms with Gasteiger partial charge in [0, 0.05) is 0 Å². The number of fused-ring (bicyclic) bond motifs is 3. The highest BCUT2D eigenvalue weighted by molar-refractivity contribution is 6.22. The normalized spacial score (nSPS) is 11.3. The van der Waals surface area contributed by atoms with Crippen molar-refractivity contribution >= 4 is 32.3 Å². The van der Waals surface area contributed by atoms with Gasteiger partial charge in [-0.1, -0.05) is 164 Å². The van der Waals surface area contributed by atoms with Gasteiger partial charge in [-0.2, -0.15) is 0 Å². The quantitative estimate of drug-likeness (QED) is 0.171. The predicted molar refractivity (Wildman–Crippen MR) is 206 cm³/mol. The maximum absolute atomic E-state index is 2.39. The minimum Gasteiger partial charge on any atom is -0.0622 e. The van der Waals surface area contributed by atoms with Gasteiger partial charge in [0.2, 0.25) is 0 Å². The van der Waals surface area contributed by atoms with Crippen LogP contribution in [0.25, 0.3) is 88.0 Å². The zero-order valence-corrected chi connectivity index (χ0v) is 26.5. The minimum atomic E-state index is 1.20. The summed E-state index contributed by atoms with van der Waals surface area (Å²) in [6.07, 6.45) is 0. The van der Waals surface area contributed by atoms with Gasteiger partial charge in [0.25, 0.3) is 0 Å². The number of benzene rings is 9. The van der Waals surface area contributed by atoms with E-state index in [1.165, 1.54) is 88.0 Å². The SMILES string of the molecule is c1ccc(-c2cccc(-c3cc(-c4ccccc4)cc(-c4c5ccccc5c(-c5ccc6ccccc6c5)c5ccccc45)c3)c2)cc1. The minimum absolute atomic E-state index is 1.20. The number of rotatable bonds is 5. The van der Waals surface area contributed by atoms with E-state index >= 15 is 0 Å². The van der Waals surface area contributed by atoms with E-state index in [2.05, 4.69) is 194 Å². The van der Waals surface area contributed by atoms with Crippen LogP contribution < -0.4 is 0 Å². The molecule has 0 aliphatic heterocycles. The molecule has 0 aliphatic rings. The van der Waals surface area contributed by atoms with E-state index in [1.54, 1.807) is 0 Å². The van der Waals surface area contributed by atoms with Gasteiger partial charge in [-0.15, -0.1) is 0 Å². The van der Waals surface area contributed by atoms with Crippen LogP contribution >= 0.6 is 0 Å². The largest absolute Gasteiger partial charge is 0.0622 e. The van der Waals surface area contributed by atoms with Crippen LogP contribution in [0.15, 0.2) is 194 Å². The summed E-state index contributed by atoms with van der Waals surface area (Å²) in [6.45, 7) is 0. The molecule has 0 atom stereocenters. The molecule has 0 nitrogen and oxygen atoms in total. The lowest BCUT2D eigenvalue weighted by Gasteiger charge is -2.19. The summed E-state index contributed by atoms with van der Waals surface area (Å²) in [4.78, 5) is 0. The van der Waals surface area contributed by atoms with Crippen molar-refractivity contribution < 1.29 is 0 Å². The molecule has 0 saturated heterocycles. The fourth-order valence-electron chi connectivity index (χ4n) is 7.34. The van der Waals surface area contributed by atoms with Crippen molar-refractivity contribution in [3.8, 4) is 55.6 Å². The van der Waals surface area contributed by atoms with E-state index in [1.807, 2.05) is 0 Å². The molecule has 0 N–H and O–H groups in total. The summed E-state index contributed by atoms with van der Waals surface area (Å²) in [6, 6.07) is 70.8. The Balaban J connectivity index is 1.33. The van der Waals surface area contributed by atoms with Crippen molar-refractivity contribution in [2.24, 2.45) is 0 Å². The van der Waals surface area contributed by atoms with Crippen LogP contribution in [0.4, 0.5) is 0 Å². The molecular weight excluding hydrogens is 577 g/mol. The number of hydrogen-bond donors (Lipinski definition) is 0. The molecule has 0 unspecified atom stereocenters. The van der Waals surface area contributed by atoms with E-state index < -0.39 is 0 Å². The highest BCUT2D eigenvalue weighted by Gasteiger charge is 2.18. The zero-order valence-electron chi connectivity index (χ0n) is 26.5. The van der Waals surface area contributed by atoms with Crippen molar-refractivity contribution in [3.05, 3.63) is 194 Å². The molecule has 0 heterocycles. The Morgan fingerprint density at radius 2 is 0.583 bits per heavy atom. The Labute approximate surface area is 281 Å². The van der Waals surface area contributed by atoms with Crippen LogP contribution in [-0.2, 0) is 0 Å². The molecule has 0 fully saturated rings. The topological polar surface area (TPSA) is 0 Å². The lowest BCUT2D eigenvalue weighted by Crippen LogP contribution is -1.92. The third-order valence-corrected chi connectivity index (χ3v) is 9.60. The molecule has 9 rings (SSSR count). The summed E-state index contributed by atoms with van der Waals surface area (Å²) >= 11 is 0. The fourth-order valence-corrected chi connectivity index (χ4v) is 7.34.